The molecular formula is C13H9FN2O3. The zero-order valence-electron chi connectivity index (χ0n) is 9.75. The van der Waals surface area contributed by atoms with Gasteiger partial charge >= 0.3 is 0 Å². The van der Waals surface area contributed by atoms with Gasteiger partial charge in [0.1, 0.15) is 5.82 Å². The number of hydrogen-bond acceptors (Lipinski definition) is 4. The van der Waals surface area contributed by atoms with Crippen molar-refractivity contribution in [2.24, 2.45) is 0 Å². The second-order valence-corrected chi connectivity index (χ2v) is 3.88. The Morgan fingerprint density at radius 3 is 2.79 bits per heavy atom. The highest BCUT2D eigenvalue weighted by atomic mass is 19.1. The van der Waals surface area contributed by atoms with E-state index in [9.17, 15) is 19.3 Å². The largest absolute Gasteiger partial charge is 0.294 e. The molecule has 0 aliphatic heterocycles. The van der Waals surface area contributed by atoms with Crippen molar-refractivity contribution in [3.8, 4) is 0 Å². The summed E-state index contributed by atoms with van der Waals surface area (Å²) in [4.78, 5) is 25.9. The molecule has 1 heterocycles. The minimum absolute atomic E-state index is 0.0574. The summed E-state index contributed by atoms with van der Waals surface area (Å²) in [6.45, 7) is 0. The molecule has 19 heavy (non-hydrogen) atoms. The van der Waals surface area contributed by atoms with Crippen LogP contribution in [0.2, 0.25) is 0 Å². The van der Waals surface area contributed by atoms with Crippen LogP contribution in [0.25, 0.3) is 0 Å². The summed E-state index contributed by atoms with van der Waals surface area (Å²) in [5.74, 6) is -1.20. The van der Waals surface area contributed by atoms with Gasteiger partial charge in [-0.2, -0.15) is 0 Å². The molecule has 0 saturated heterocycles. The number of halogens is 1. The average Bonchev–Trinajstić information content (AvgIpc) is 2.39. The quantitative estimate of drug-likeness (QED) is 0.481. The van der Waals surface area contributed by atoms with E-state index in [-0.39, 0.29) is 12.0 Å². The first-order chi connectivity index (χ1) is 9.08. The van der Waals surface area contributed by atoms with Crippen molar-refractivity contribution < 1.29 is 14.1 Å². The number of benzene rings is 1. The van der Waals surface area contributed by atoms with Crippen LogP contribution >= 0.6 is 0 Å². The van der Waals surface area contributed by atoms with Gasteiger partial charge in [0.25, 0.3) is 5.69 Å². The van der Waals surface area contributed by atoms with E-state index in [1.165, 1.54) is 6.20 Å². The molecule has 0 amide bonds. The number of nitro groups is 1. The second kappa shape index (κ2) is 5.34. The van der Waals surface area contributed by atoms with E-state index in [1.807, 2.05) is 0 Å². The van der Waals surface area contributed by atoms with Crippen LogP contribution in [0.5, 0.6) is 0 Å². The molecule has 0 radical (unpaired) electrons. The fourth-order valence-electron chi connectivity index (χ4n) is 1.67. The zero-order valence-corrected chi connectivity index (χ0v) is 9.75. The number of Topliss-reactive ketones (excluding diaryl/α,β-unsaturated/α-hetero) is 1. The summed E-state index contributed by atoms with van der Waals surface area (Å²) < 4.78 is 13.1. The highest BCUT2D eigenvalue weighted by Crippen LogP contribution is 2.21. The number of nitro benzene ring substituents is 1. The smallest absolute Gasteiger partial charge is 0.280 e. The lowest BCUT2D eigenvalue weighted by molar-refractivity contribution is -0.385. The Morgan fingerprint density at radius 2 is 2.16 bits per heavy atom. The molecule has 0 N–H and O–H groups in total. The fourth-order valence-corrected chi connectivity index (χ4v) is 1.67. The van der Waals surface area contributed by atoms with E-state index in [0.717, 1.165) is 18.2 Å². The lowest BCUT2D eigenvalue weighted by atomic mass is 10.0. The third-order valence-corrected chi connectivity index (χ3v) is 2.54. The van der Waals surface area contributed by atoms with Gasteiger partial charge < -0.3 is 0 Å². The van der Waals surface area contributed by atoms with Crippen LogP contribution in [0.15, 0.2) is 42.7 Å². The zero-order chi connectivity index (χ0) is 13.8. The van der Waals surface area contributed by atoms with Crippen LogP contribution in [-0.4, -0.2) is 15.7 Å². The molecule has 2 rings (SSSR count). The molecule has 6 heteroatoms. The van der Waals surface area contributed by atoms with Crippen molar-refractivity contribution in [2.75, 3.05) is 0 Å². The van der Waals surface area contributed by atoms with Gasteiger partial charge in [-0.05, 0) is 23.8 Å². The number of carbonyl (C=O) groups is 1. The molecule has 2 aromatic rings. The SMILES string of the molecule is O=C(Cc1cccnc1)c1cc(F)ccc1[N+](=O)[O-]. The lowest BCUT2D eigenvalue weighted by Gasteiger charge is -2.02. The minimum Gasteiger partial charge on any atom is -0.294 e. The highest BCUT2D eigenvalue weighted by Gasteiger charge is 2.20. The van der Waals surface area contributed by atoms with Crippen molar-refractivity contribution in [3.63, 3.8) is 0 Å². The maximum absolute atomic E-state index is 13.1. The molecule has 1 aromatic heterocycles. The first-order valence-electron chi connectivity index (χ1n) is 5.44. The molecule has 96 valence electrons. The summed E-state index contributed by atoms with van der Waals surface area (Å²) in [6, 6.07) is 6.17. The topological polar surface area (TPSA) is 73.1 Å². The summed E-state index contributed by atoms with van der Waals surface area (Å²) in [5.41, 5.74) is -0.00444. The molecule has 5 nitrogen and oxygen atoms in total. The van der Waals surface area contributed by atoms with Gasteiger partial charge in [0.05, 0.1) is 10.5 Å². The number of rotatable bonds is 4. The number of pyridine rings is 1. The third-order valence-electron chi connectivity index (χ3n) is 2.54. The normalized spacial score (nSPS) is 10.2. The molecule has 0 aliphatic rings. The predicted molar refractivity (Wildman–Crippen MR) is 65.3 cm³/mol. The molecule has 0 atom stereocenters. The molecule has 1 aromatic carbocycles. The summed E-state index contributed by atoms with van der Waals surface area (Å²) in [5, 5.41) is 10.8. The van der Waals surface area contributed by atoms with Gasteiger partial charge in [0.2, 0.25) is 0 Å². The first kappa shape index (κ1) is 12.8. The fraction of sp³-hybridized carbons (Fsp3) is 0.0769. The van der Waals surface area contributed by atoms with Crippen LogP contribution in [-0.2, 0) is 6.42 Å². The molecule has 0 saturated carbocycles. The van der Waals surface area contributed by atoms with Gasteiger partial charge in [-0.3, -0.25) is 19.9 Å². The molecule has 0 spiro atoms. The van der Waals surface area contributed by atoms with Crippen LogP contribution in [0.1, 0.15) is 15.9 Å². The number of aromatic nitrogens is 1. The summed E-state index contributed by atoms with van der Waals surface area (Å²) >= 11 is 0. The van der Waals surface area contributed by atoms with E-state index in [1.54, 1.807) is 18.3 Å². The van der Waals surface area contributed by atoms with Gasteiger partial charge in [-0.1, -0.05) is 6.07 Å². The number of carbonyl (C=O) groups excluding carboxylic acids is 1. The minimum atomic E-state index is -0.698. The summed E-state index contributed by atoms with van der Waals surface area (Å²) in [6.07, 6.45) is 2.99. The highest BCUT2D eigenvalue weighted by molar-refractivity contribution is 6.01. The van der Waals surface area contributed by atoms with Crippen molar-refractivity contribution in [2.45, 2.75) is 6.42 Å². The number of ketones is 1. The van der Waals surface area contributed by atoms with Gasteiger partial charge in [-0.15, -0.1) is 0 Å². The predicted octanol–water partition coefficient (Wildman–Crippen LogP) is 2.55. The Labute approximate surface area is 107 Å². The van der Waals surface area contributed by atoms with Gasteiger partial charge in [-0.25, -0.2) is 4.39 Å². The van der Waals surface area contributed by atoms with Crippen LogP contribution in [0, 0.1) is 15.9 Å². The summed E-state index contributed by atoms with van der Waals surface area (Å²) in [7, 11) is 0. The standard InChI is InChI=1S/C13H9FN2O3/c14-10-3-4-12(16(18)19)11(7-10)13(17)6-9-2-1-5-15-8-9/h1-5,7-8H,6H2. The van der Waals surface area contributed by atoms with E-state index in [4.69, 9.17) is 0 Å². The van der Waals surface area contributed by atoms with E-state index in [0.29, 0.717) is 5.56 Å². The van der Waals surface area contributed by atoms with Crippen molar-refractivity contribution >= 4 is 11.5 Å². The lowest BCUT2D eigenvalue weighted by Crippen LogP contribution is -2.07. The van der Waals surface area contributed by atoms with E-state index >= 15 is 0 Å². The molecular weight excluding hydrogens is 251 g/mol. The van der Waals surface area contributed by atoms with Crippen molar-refractivity contribution in [1.29, 1.82) is 0 Å². The maximum Gasteiger partial charge on any atom is 0.280 e. The Hall–Kier alpha value is -2.63. The van der Waals surface area contributed by atoms with Gasteiger partial charge in [0, 0.05) is 24.9 Å². The van der Waals surface area contributed by atoms with Crippen molar-refractivity contribution in [1.82, 2.24) is 4.98 Å². The Bertz CT molecular complexity index is 629. The molecule has 0 fully saturated rings. The van der Waals surface area contributed by atoms with E-state index < -0.39 is 22.2 Å². The second-order valence-electron chi connectivity index (χ2n) is 3.88. The Kier molecular flexibility index (Phi) is 3.61. The Morgan fingerprint density at radius 1 is 1.37 bits per heavy atom. The van der Waals surface area contributed by atoms with Gasteiger partial charge in [0.15, 0.2) is 5.78 Å². The van der Waals surface area contributed by atoms with Crippen LogP contribution in [0.4, 0.5) is 10.1 Å². The van der Waals surface area contributed by atoms with Crippen molar-refractivity contribution in [3.05, 3.63) is 69.8 Å². The maximum atomic E-state index is 13.1. The monoisotopic (exact) mass is 260 g/mol. The molecule has 0 bridgehead atoms. The third kappa shape index (κ3) is 2.98. The average molecular weight is 260 g/mol. The van der Waals surface area contributed by atoms with Crippen LogP contribution < -0.4 is 0 Å². The Balaban J connectivity index is 2.33. The number of hydrogen-bond donors (Lipinski definition) is 0. The van der Waals surface area contributed by atoms with Crippen LogP contribution in [0.3, 0.4) is 0 Å². The first-order valence-corrected chi connectivity index (χ1v) is 5.44. The molecule has 0 unspecified atom stereocenters. The van der Waals surface area contributed by atoms with E-state index in [2.05, 4.69) is 4.98 Å². The molecule has 0 aliphatic carbocycles. The number of nitrogens with zero attached hydrogens (tertiary/aromatic N) is 2.